The van der Waals surface area contributed by atoms with Crippen LogP contribution >= 0.6 is 10.7 Å². The smallest absolute Gasteiger partial charge is 0.236 e. The van der Waals surface area contributed by atoms with Crippen LogP contribution in [0.1, 0.15) is 5.56 Å². The van der Waals surface area contributed by atoms with E-state index in [-0.39, 0.29) is 5.75 Å². The van der Waals surface area contributed by atoms with Crippen LogP contribution in [-0.2, 0) is 14.8 Å². The lowest BCUT2D eigenvalue weighted by atomic mass is 10.1. The third-order valence-corrected chi connectivity index (χ3v) is 3.35. The molecular formula is C11H10ClNO3S. The SMILES string of the molecule is COc1ccc(CS(=O)(=O)Cl)c2cccnc12. The molecule has 1 heterocycles. The van der Waals surface area contributed by atoms with Crippen LogP contribution in [0.3, 0.4) is 0 Å². The van der Waals surface area contributed by atoms with Crippen molar-refractivity contribution in [3.05, 3.63) is 36.0 Å². The van der Waals surface area contributed by atoms with Gasteiger partial charge in [-0.25, -0.2) is 8.42 Å². The number of rotatable bonds is 3. The zero-order valence-corrected chi connectivity index (χ0v) is 10.6. The van der Waals surface area contributed by atoms with E-state index in [1.165, 1.54) is 0 Å². The summed E-state index contributed by atoms with van der Waals surface area (Å²) in [5, 5.41) is 0.732. The molecule has 0 atom stereocenters. The molecule has 1 aromatic heterocycles. The Balaban J connectivity index is 2.67. The molecule has 0 N–H and O–H groups in total. The third-order valence-electron chi connectivity index (χ3n) is 2.37. The van der Waals surface area contributed by atoms with Crippen LogP contribution in [0.5, 0.6) is 5.75 Å². The average Bonchev–Trinajstić information content (AvgIpc) is 2.28. The van der Waals surface area contributed by atoms with E-state index in [1.54, 1.807) is 37.6 Å². The minimum Gasteiger partial charge on any atom is -0.494 e. The first-order valence-electron chi connectivity index (χ1n) is 4.84. The molecule has 0 saturated carbocycles. The molecule has 90 valence electrons. The average molecular weight is 272 g/mol. The molecule has 2 rings (SSSR count). The molecule has 17 heavy (non-hydrogen) atoms. The zero-order valence-electron chi connectivity index (χ0n) is 9.05. The van der Waals surface area contributed by atoms with E-state index in [9.17, 15) is 8.42 Å². The highest BCUT2D eigenvalue weighted by Gasteiger charge is 2.12. The summed E-state index contributed by atoms with van der Waals surface area (Å²) in [5.74, 6) is 0.386. The van der Waals surface area contributed by atoms with Gasteiger partial charge in [-0.15, -0.1) is 0 Å². The Hall–Kier alpha value is -1.33. The highest BCUT2D eigenvalue weighted by molar-refractivity contribution is 8.13. The van der Waals surface area contributed by atoms with Crippen molar-refractivity contribution in [3.8, 4) is 5.75 Å². The van der Waals surface area contributed by atoms with Crippen LogP contribution in [0.2, 0.25) is 0 Å². The molecular weight excluding hydrogens is 262 g/mol. The summed E-state index contributed by atoms with van der Waals surface area (Å²) in [7, 11) is 3.22. The minimum atomic E-state index is -3.58. The molecule has 0 radical (unpaired) electrons. The summed E-state index contributed by atoms with van der Waals surface area (Å²) in [6.07, 6.45) is 1.63. The van der Waals surface area contributed by atoms with E-state index < -0.39 is 9.05 Å². The lowest BCUT2D eigenvalue weighted by Gasteiger charge is -2.08. The number of ether oxygens (including phenoxy) is 1. The first-order chi connectivity index (χ1) is 8.01. The number of methoxy groups -OCH3 is 1. The van der Waals surface area contributed by atoms with Crippen LogP contribution in [-0.4, -0.2) is 20.5 Å². The van der Waals surface area contributed by atoms with E-state index in [0.29, 0.717) is 16.8 Å². The van der Waals surface area contributed by atoms with E-state index >= 15 is 0 Å². The standard InChI is InChI=1S/C11H10ClNO3S/c1-16-10-5-4-8(7-17(12,14)15)9-3-2-6-13-11(9)10/h2-6H,7H2,1H3. The molecule has 6 heteroatoms. The van der Waals surface area contributed by atoms with E-state index in [4.69, 9.17) is 15.4 Å². The molecule has 4 nitrogen and oxygen atoms in total. The molecule has 0 fully saturated rings. The highest BCUT2D eigenvalue weighted by atomic mass is 35.7. The molecule has 0 unspecified atom stereocenters. The first-order valence-corrected chi connectivity index (χ1v) is 7.32. The summed E-state index contributed by atoms with van der Waals surface area (Å²) >= 11 is 0. The van der Waals surface area contributed by atoms with Crippen LogP contribution < -0.4 is 4.74 Å². The van der Waals surface area contributed by atoms with Crippen molar-refractivity contribution >= 4 is 30.6 Å². The first kappa shape index (κ1) is 12.1. The van der Waals surface area contributed by atoms with E-state index in [2.05, 4.69) is 4.98 Å². The lowest BCUT2D eigenvalue weighted by molar-refractivity contribution is 0.419. The molecule has 1 aromatic carbocycles. The van der Waals surface area contributed by atoms with Crippen LogP contribution in [0.15, 0.2) is 30.5 Å². The number of fused-ring (bicyclic) bond motifs is 1. The van der Waals surface area contributed by atoms with Gasteiger partial charge in [0.1, 0.15) is 11.3 Å². The number of hydrogen-bond acceptors (Lipinski definition) is 4. The topological polar surface area (TPSA) is 56.3 Å². The number of pyridine rings is 1. The third kappa shape index (κ3) is 2.68. The van der Waals surface area contributed by atoms with Gasteiger partial charge in [0.25, 0.3) is 0 Å². The molecule has 0 aliphatic carbocycles. The maximum atomic E-state index is 11.1. The van der Waals surface area contributed by atoms with Crippen molar-refractivity contribution in [2.75, 3.05) is 7.11 Å². The highest BCUT2D eigenvalue weighted by Crippen LogP contribution is 2.27. The van der Waals surface area contributed by atoms with Gasteiger partial charge < -0.3 is 4.74 Å². The van der Waals surface area contributed by atoms with Gasteiger partial charge >= 0.3 is 0 Å². The summed E-state index contributed by atoms with van der Waals surface area (Å²) in [4.78, 5) is 4.18. The molecule has 0 bridgehead atoms. The Morgan fingerprint density at radius 1 is 1.35 bits per heavy atom. The van der Waals surface area contributed by atoms with Crippen molar-refractivity contribution in [3.63, 3.8) is 0 Å². The molecule has 0 aliphatic rings. The van der Waals surface area contributed by atoms with Gasteiger partial charge in [0.15, 0.2) is 0 Å². The van der Waals surface area contributed by atoms with Crippen molar-refractivity contribution in [2.24, 2.45) is 0 Å². The van der Waals surface area contributed by atoms with Crippen molar-refractivity contribution in [2.45, 2.75) is 5.75 Å². The van der Waals surface area contributed by atoms with E-state index in [0.717, 1.165) is 5.39 Å². The summed E-state index contributed by atoms with van der Waals surface area (Å²) in [6, 6.07) is 6.91. The van der Waals surface area contributed by atoms with Crippen LogP contribution in [0.4, 0.5) is 0 Å². The van der Waals surface area contributed by atoms with Crippen molar-refractivity contribution in [1.29, 1.82) is 0 Å². The molecule has 2 aromatic rings. The van der Waals surface area contributed by atoms with Gasteiger partial charge in [-0.05, 0) is 17.7 Å². The Kier molecular flexibility index (Phi) is 3.22. The number of nitrogens with zero attached hydrogens (tertiary/aromatic N) is 1. The van der Waals surface area contributed by atoms with Crippen molar-refractivity contribution < 1.29 is 13.2 Å². The monoisotopic (exact) mass is 271 g/mol. The number of benzene rings is 1. The minimum absolute atomic E-state index is 0.221. The van der Waals surface area contributed by atoms with E-state index in [1.807, 2.05) is 0 Å². The van der Waals surface area contributed by atoms with Gasteiger partial charge in [0.2, 0.25) is 9.05 Å². The van der Waals surface area contributed by atoms with Crippen LogP contribution in [0, 0.1) is 0 Å². The maximum Gasteiger partial charge on any atom is 0.236 e. The largest absolute Gasteiger partial charge is 0.494 e. The predicted molar refractivity (Wildman–Crippen MR) is 66.8 cm³/mol. The predicted octanol–water partition coefficient (Wildman–Crippen LogP) is 2.31. The second-order valence-corrected chi connectivity index (χ2v) is 6.29. The summed E-state index contributed by atoms with van der Waals surface area (Å²) < 4.78 is 27.4. The zero-order chi connectivity index (χ0) is 12.5. The Bertz CT molecular complexity index is 655. The second kappa shape index (κ2) is 4.50. The van der Waals surface area contributed by atoms with Gasteiger partial charge in [0, 0.05) is 22.3 Å². The Labute approximate surface area is 104 Å². The Morgan fingerprint density at radius 3 is 2.76 bits per heavy atom. The maximum absolute atomic E-state index is 11.1. The molecule has 0 spiro atoms. The second-order valence-electron chi connectivity index (χ2n) is 3.51. The van der Waals surface area contributed by atoms with Gasteiger partial charge in [-0.2, -0.15) is 0 Å². The molecule has 0 amide bonds. The fraction of sp³-hybridized carbons (Fsp3) is 0.182. The van der Waals surface area contributed by atoms with Gasteiger partial charge in [-0.1, -0.05) is 12.1 Å². The summed E-state index contributed by atoms with van der Waals surface area (Å²) in [5.41, 5.74) is 1.25. The normalized spacial score (nSPS) is 11.6. The molecule has 0 saturated heterocycles. The number of halogens is 1. The fourth-order valence-electron chi connectivity index (χ4n) is 1.68. The number of hydrogen-bond donors (Lipinski definition) is 0. The van der Waals surface area contributed by atoms with Gasteiger partial charge in [0.05, 0.1) is 12.9 Å². The Morgan fingerprint density at radius 2 is 2.12 bits per heavy atom. The van der Waals surface area contributed by atoms with Gasteiger partial charge in [-0.3, -0.25) is 4.98 Å². The number of aromatic nitrogens is 1. The molecule has 0 aliphatic heterocycles. The lowest BCUT2D eigenvalue weighted by Crippen LogP contribution is -1.97. The quantitative estimate of drug-likeness (QED) is 0.804. The van der Waals surface area contributed by atoms with Crippen LogP contribution in [0.25, 0.3) is 10.9 Å². The van der Waals surface area contributed by atoms with Crippen molar-refractivity contribution in [1.82, 2.24) is 4.98 Å². The fourth-order valence-corrected chi connectivity index (χ4v) is 2.66. The summed E-state index contributed by atoms with van der Waals surface area (Å²) in [6.45, 7) is 0.